The first-order valence-corrected chi connectivity index (χ1v) is 12.4. The topological polar surface area (TPSA) is 87.7 Å². The van der Waals surface area contributed by atoms with E-state index in [-0.39, 0.29) is 17.9 Å². The summed E-state index contributed by atoms with van der Waals surface area (Å²) in [5.74, 6) is 1.92. The van der Waals surface area contributed by atoms with E-state index in [4.69, 9.17) is 11.2 Å². The number of nitrogens with one attached hydrogen (secondary N) is 2. The second-order valence-electron chi connectivity index (χ2n) is 10.6. The predicted molar refractivity (Wildman–Crippen MR) is 140 cm³/mol. The summed E-state index contributed by atoms with van der Waals surface area (Å²) in [6, 6.07) is 5.20. The van der Waals surface area contributed by atoms with Crippen LogP contribution in [0.15, 0.2) is 24.3 Å². The average Bonchev–Trinajstić information content (AvgIpc) is 2.75. The summed E-state index contributed by atoms with van der Waals surface area (Å²) >= 11 is 0. The Morgan fingerprint density at radius 1 is 1.03 bits per heavy atom. The maximum Gasteiger partial charge on any atom is 0.408 e. The van der Waals surface area contributed by atoms with E-state index in [1.807, 2.05) is 27.7 Å². The largest absolute Gasteiger partial charge is 0.444 e. The zero-order valence-corrected chi connectivity index (χ0v) is 22.8. The lowest BCUT2D eigenvalue weighted by molar-refractivity contribution is -0.149. The standard InChI is InChI=1S/C28H43N3O4/c1-11-14-19(4)29-24(32)23(22-17-15-21(12-2)16-18-22)31(28(9,10)13-3)25(33)20(5)30-26(34)35-27(6,7)8/h2,15-20,23H,11,13-14H2,1,3-10H3,(H,29,32)(H,30,34). The fraction of sp³-hybridized carbons (Fsp3) is 0.607. The predicted octanol–water partition coefficient (Wildman–Crippen LogP) is 4.94. The molecule has 0 aliphatic heterocycles. The second kappa shape index (κ2) is 12.6. The van der Waals surface area contributed by atoms with Crippen molar-refractivity contribution in [1.82, 2.24) is 15.5 Å². The van der Waals surface area contributed by atoms with E-state index in [9.17, 15) is 14.4 Å². The zero-order chi connectivity index (χ0) is 27.0. The molecule has 0 heterocycles. The van der Waals surface area contributed by atoms with Crippen molar-refractivity contribution in [3.05, 3.63) is 35.4 Å². The lowest BCUT2D eigenvalue weighted by Crippen LogP contribution is -2.59. The van der Waals surface area contributed by atoms with Gasteiger partial charge < -0.3 is 20.3 Å². The molecule has 35 heavy (non-hydrogen) atoms. The van der Waals surface area contributed by atoms with E-state index in [2.05, 4.69) is 23.5 Å². The summed E-state index contributed by atoms with van der Waals surface area (Å²) in [6.45, 7) is 16.6. The molecule has 0 saturated carbocycles. The van der Waals surface area contributed by atoms with Gasteiger partial charge in [0.15, 0.2) is 0 Å². The summed E-state index contributed by atoms with van der Waals surface area (Å²) in [5, 5.41) is 5.69. The van der Waals surface area contributed by atoms with Crippen molar-refractivity contribution >= 4 is 17.9 Å². The monoisotopic (exact) mass is 485 g/mol. The summed E-state index contributed by atoms with van der Waals surface area (Å²) in [6.07, 6.45) is 7.15. The van der Waals surface area contributed by atoms with Gasteiger partial charge in [-0.25, -0.2) is 4.79 Å². The molecule has 7 nitrogen and oxygen atoms in total. The molecule has 3 unspecified atom stereocenters. The first kappa shape index (κ1) is 30.0. The van der Waals surface area contributed by atoms with Gasteiger partial charge in [-0.1, -0.05) is 38.3 Å². The summed E-state index contributed by atoms with van der Waals surface area (Å²) in [4.78, 5) is 41.5. The van der Waals surface area contributed by atoms with Gasteiger partial charge in [-0.2, -0.15) is 0 Å². The third kappa shape index (κ3) is 8.93. The smallest absolute Gasteiger partial charge is 0.408 e. The minimum Gasteiger partial charge on any atom is -0.444 e. The Bertz CT molecular complexity index is 910. The first-order chi connectivity index (χ1) is 16.2. The molecule has 2 N–H and O–H groups in total. The molecule has 0 aromatic heterocycles. The molecule has 0 bridgehead atoms. The number of terminal acetylenes is 1. The fourth-order valence-electron chi connectivity index (χ4n) is 3.71. The lowest BCUT2D eigenvalue weighted by Gasteiger charge is -2.44. The number of carbonyl (C=O) groups is 3. The van der Waals surface area contributed by atoms with Crippen LogP contribution in [0.5, 0.6) is 0 Å². The average molecular weight is 486 g/mol. The molecule has 3 atom stereocenters. The highest BCUT2D eigenvalue weighted by molar-refractivity contribution is 5.92. The minimum absolute atomic E-state index is 0.0565. The van der Waals surface area contributed by atoms with Crippen LogP contribution in [0.2, 0.25) is 0 Å². The Balaban J connectivity index is 3.49. The highest BCUT2D eigenvalue weighted by Gasteiger charge is 2.42. The van der Waals surface area contributed by atoms with E-state index >= 15 is 0 Å². The van der Waals surface area contributed by atoms with Crippen LogP contribution in [0.25, 0.3) is 0 Å². The van der Waals surface area contributed by atoms with Crippen LogP contribution in [0.4, 0.5) is 4.79 Å². The molecular weight excluding hydrogens is 442 g/mol. The molecule has 3 amide bonds. The Morgan fingerprint density at radius 2 is 1.60 bits per heavy atom. The van der Waals surface area contributed by atoms with Gasteiger partial charge in [0.05, 0.1) is 0 Å². The van der Waals surface area contributed by atoms with Crippen LogP contribution in [-0.2, 0) is 14.3 Å². The highest BCUT2D eigenvalue weighted by atomic mass is 16.6. The number of amides is 3. The van der Waals surface area contributed by atoms with Crippen LogP contribution in [0, 0.1) is 12.3 Å². The number of benzene rings is 1. The molecule has 194 valence electrons. The number of alkyl carbamates (subject to hydrolysis) is 1. The molecule has 0 saturated heterocycles. The molecular formula is C28H43N3O4. The third-order valence-corrected chi connectivity index (χ3v) is 5.87. The van der Waals surface area contributed by atoms with Gasteiger partial charge in [0.2, 0.25) is 11.8 Å². The van der Waals surface area contributed by atoms with Crippen LogP contribution >= 0.6 is 0 Å². The zero-order valence-electron chi connectivity index (χ0n) is 22.8. The molecule has 0 spiro atoms. The van der Waals surface area contributed by atoms with Crippen LogP contribution in [0.3, 0.4) is 0 Å². The van der Waals surface area contributed by atoms with E-state index in [0.29, 0.717) is 17.5 Å². The Labute approximate surface area is 211 Å². The van der Waals surface area contributed by atoms with E-state index in [1.165, 1.54) is 0 Å². The van der Waals surface area contributed by atoms with Crippen molar-refractivity contribution < 1.29 is 19.1 Å². The number of nitrogens with zero attached hydrogens (tertiary/aromatic N) is 1. The number of hydrogen-bond donors (Lipinski definition) is 2. The Kier molecular flexibility index (Phi) is 10.8. The number of rotatable bonds is 10. The van der Waals surface area contributed by atoms with E-state index in [0.717, 1.165) is 12.8 Å². The number of carbonyl (C=O) groups excluding carboxylic acids is 3. The highest BCUT2D eigenvalue weighted by Crippen LogP contribution is 2.32. The van der Waals surface area contributed by atoms with E-state index < -0.39 is 29.3 Å². The molecule has 0 aliphatic carbocycles. The molecule has 1 rings (SSSR count). The molecule has 1 aromatic carbocycles. The fourth-order valence-corrected chi connectivity index (χ4v) is 3.71. The van der Waals surface area contributed by atoms with Crippen molar-refractivity contribution in [2.24, 2.45) is 0 Å². The Morgan fingerprint density at radius 3 is 2.06 bits per heavy atom. The quantitative estimate of drug-likeness (QED) is 0.459. The number of hydrogen-bond acceptors (Lipinski definition) is 4. The van der Waals surface area contributed by atoms with Crippen molar-refractivity contribution in [3.8, 4) is 12.3 Å². The molecule has 0 radical (unpaired) electrons. The summed E-state index contributed by atoms with van der Waals surface area (Å²) in [5.41, 5.74) is -0.0717. The van der Waals surface area contributed by atoms with Gasteiger partial charge in [0.1, 0.15) is 17.7 Å². The number of ether oxygens (including phenoxy) is 1. The molecule has 0 aliphatic rings. The van der Waals surface area contributed by atoms with Crippen molar-refractivity contribution in [1.29, 1.82) is 0 Å². The maximum absolute atomic E-state index is 13.8. The molecule has 7 heteroatoms. The van der Waals surface area contributed by atoms with Gasteiger partial charge in [-0.3, -0.25) is 9.59 Å². The van der Waals surface area contributed by atoms with Gasteiger partial charge in [0.25, 0.3) is 0 Å². The van der Waals surface area contributed by atoms with Crippen LogP contribution < -0.4 is 10.6 Å². The maximum atomic E-state index is 13.8. The normalized spacial score (nSPS) is 14.2. The molecule has 1 aromatic rings. The van der Waals surface area contributed by atoms with Gasteiger partial charge in [0, 0.05) is 17.1 Å². The van der Waals surface area contributed by atoms with Crippen LogP contribution in [-0.4, -0.2) is 46.0 Å². The molecule has 0 fully saturated rings. The van der Waals surface area contributed by atoms with Gasteiger partial charge in [-0.05, 0) is 79.0 Å². The third-order valence-electron chi connectivity index (χ3n) is 5.87. The minimum atomic E-state index is -0.913. The lowest BCUT2D eigenvalue weighted by atomic mass is 9.91. The van der Waals surface area contributed by atoms with E-state index in [1.54, 1.807) is 56.9 Å². The van der Waals surface area contributed by atoms with Gasteiger partial charge >= 0.3 is 6.09 Å². The SMILES string of the molecule is C#Cc1ccc(C(C(=O)NC(C)CCC)N(C(=O)C(C)NC(=O)OC(C)(C)C)C(C)(C)CC)cc1. The summed E-state index contributed by atoms with van der Waals surface area (Å²) in [7, 11) is 0. The second-order valence-corrected chi connectivity index (χ2v) is 10.6. The van der Waals surface area contributed by atoms with Gasteiger partial charge in [-0.15, -0.1) is 6.42 Å². The summed E-state index contributed by atoms with van der Waals surface area (Å²) < 4.78 is 5.33. The van der Waals surface area contributed by atoms with Crippen molar-refractivity contribution in [2.45, 2.75) is 111 Å². The van der Waals surface area contributed by atoms with Crippen LogP contribution in [0.1, 0.15) is 98.7 Å². The Hall–Kier alpha value is -3.01. The van der Waals surface area contributed by atoms with Crippen molar-refractivity contribution in [2.75, 3.05) is 0 Å². The first-order valence-electron chi connectivity index (χ1n) is 12.4. The van der Waals surface area contributed by atoms with Crippen molar-refractivity contribution in [3.63, 3.8) is 0 Å².